The molecule has 0 bridgehead atoms. The molecule has 0 N–H and O–H groups in total. The Morgan fingerprint density at radius 1 is 1.62 bits per heavy atom. The Labute approximate surface area is 51.2 Å². The summed E-state index contributed by atoms with van der Waals surface area (Å²) in [5.41, 5.74) is 0. The first-order chi connectivity index (χ1) is 3.80. The van der Waals surface area contributed by atoms with Crippen molar-refractivity contribution in [3.05, 3.63) is 18.1 Å². The molecule has 0 atom stereocenters. The first kappa shape index (κ1) is 5.37. The van der Waals surface area contributed by atoms with Gasteiger partial charge in [-0.15, -0.1) is 5.10 Å². The van der Waals surface area contributed by atoms with Crippen LogP contribution in [-0.4, -0.2) is 10.2 Å². The van der Waals surface area contributed by atoms with Gasteiger partial charge >= 0.3 is 0 Å². The first-order valence-corrected chi connectivity index (χ1v) is 2.36. The summed E-state index contributed by atoms with van der Waals surface area (Å²) < 4.78 is 12.1. The second-order valence-corrected chi connectivity index (χ2v) is 1.57. The Kier molecular flexibility index (Phi) is 1.34. The van der Waals surface area contributed by atoms with Gasteiger partial charge in [0, 0.05) is 0 Å². The van der Waals surface area contributed by atoms with Gasteiger partial charge in [-0.05, 0) is 6.07 Å². The quantitative estimate of drug-likeness (QED) is 0.525. The average Bonchev–Trinajstić information content (AvgIpc) is 1.77. The number of rotatable bonds is 0. The summed E-state index contributed by atoms with van der Waals surface area (Å²) in [6, 6.07) is 1.18. The van der Waals surface area contributed by atoms with Crippen molar-refractivity contribution in [3.8, 4) is 0 Å². The molecule has 1 heterocycles. The highest BCUT2D eigenvalue weighted by atomic mass is 32.1. The third-order valence-corrected chi connectivity index (χ3v) is 0.917. The van der Waals surface area contributed by atoms with Crippen molar-refractivity contribution in [3.63, 3.8) is 0 Å². The minimum absolute atomic E-state index is 0.0764. The number of halogens is 1. The van der Waals surface area contributed by atoms with Gasteiger partial charge in [-0.25, -0.2) is 4.39 Å². The van der Waals surface area contributed by atoms with Gasteiger partial charge in [-0.3, -0.25) is 0 Å². The van der Waals surface area contributed by atoms with Gasteiger partial charge in [0.2, 0.25) is 0 Å². The van der Waals surface area contributed by atoms with Crippen LogP contribution in [0, 0.1) is 5.82 Å². The van der Waals surface area contributed by atoms with Gasteiger partial charge in [0.05, 0.1) is 6.20 Å². The highest BCUT2D eigenvalue weighted by molar-refractivity contribution is 7.80. The normalized spacial score (nSPS) is 9.12. The van der Waals surface area contributed by atoms with E-state index in [4.69, 9.17) is 0 Å². The lowest BCUT2D eigenvalue weighted by Crippen LogP contribution is -1.84. The second kappa shape index (κ2) is 2.00. The molecule has 8 heavy (non-hydrogen) atoms. The molecule has 0 aliphatic carbocycles. The van der Waals surface area contributed by atoms with Crippen LogP contribution in [-0.2, 0) is 0 Å². The summed E-state index contributed by atoms with van der Waals surface area (Å²) in [5.74, 6) is -0.491. The molecule has 1 aromatic rings. The molecule has 41 valence electrons. The zero-order valence-corrected chi connectivity index (χ0v) is 4.65. The smallest absolute Gasteiger partial charge is 0.184 e. The molecule has 2 nitrogen and oxygen atoms in total. The van der Waals surface area contributed by atoms with E-state index in [1.54, 1.807) is 0 Å². The van der Waals surface area contributed by atoms with Gasteiger partial charge in [0.25, 0.3) is 0 Å². The van der Waals surface area contributed by atoms with Crippen molar-refractivity contribution in [1.82, 2.24) is 10.2 Å². The Hall–Kier alpha value is -0.770. The highest BCUT2D eigenvalue weighted by Crippen LogP contribution is 2.03. The summed E-state index contributed by atoms with van der Waals surface area (Å²) in [6.07, 6.45) is 1.26. The predicted octanol–water partition coefficient (Wildman–Crippen LogP) is 1.17. The minimum atomic E-state index is -0.491. The van der Waals surface area contributed by atoms with Crippen LogP contribution >= 0.6 is 12.6 Å². The van der Waals surface area contributed by atoms with Crippen LogP contribution in [0.1, 0.15) is 0 Å². The molecule has 0 saturated carbocycles. The van der Waals surface area contributed by atoms with Crippen LogP contribution in [0.2, 0.25) is 0 Å². The highest BCUT2D eigenvalue weighted by Gasteiger charge is 1.94. The van der Waals surface area contributed by atoms with Crippen LogP contribution in [0.15, 0.2) is 17.3 Å². The lowest BCUT2D eigenvalue weighted by atomic mass is 10.6. The summed E-state index contributed by atoms with van der Waals surface area (Å²) in [7, 11) is 0. The SMILES string of the molecule is Fc1ccnnc1[S]. The van der Waals surface area contributed by atoms with Crippen molar-refractivity contribution in [2.24, 2.45) is 0 Å². The topological polar surface area (TPSA) is 25.8 Å². The fraction of sp³-hybridized carbons (Fsp3) is 0. The van der Waals surface area contributed by atoms with Crippen LogP contribution in [0.5, 0.6) is 0 Å². The molecular weight excluding hydrogens is 127 g/mol. The zero-order valence-electron chi connectivity index (χ0n) is 3.84. The summed E-state index contributed by atoms with van der Waals surface area (Å²) >= 11 is 4.40. The Balaban J connectivity index is 3.13. The molecule has 0 aromatic carbocycles. The van der Waals surface area contributed by atoms with Gasteiger partial charge in [0.15, 0.2) is 10.8 Å². The van der Waals surface area contributed by atoms with Crippen LogP contribution in [0.25, 0.3) is 0 Å². The molecule has 0 spiro atoms. The maximum atomic E-state index is 12.1. The molecule has 1 rings (SSSR count). The van der Waals surface area contributed by atoms with E-state index in [1.807, 2.05) is 0 Å². The zero-order chi connectivity index (χ0) is 5.98. The van der Waals surface area contributed by atoms with E-state index in [0.717, 1.165) is 0 Å². The molecule has 1 radical (unpaired) electrons. The fourth-order valence-corrected chi connectivity index (χ4v) is 0.419. The third kappa shape index (κ3) is 0.894. The average molecular weight is 129 g/mol. The van der Waals surface area contributed by atoms with Crippen molar-refractivity contribution in [2.75, 3.05) is 0 Å². The Morgan fingerprint density at radius 2 is 2.38 bits per heavy atom. The van der Waals surface area contributed by atoms with E-state index in [-0.39, 0.29) is 5.03 Å². The van der Waals surface area contributed by atoms with E-state index in [2.05, 4.69) is 22.8 Å². The summed E-state index contributed by atoms with van der Waals surface area (Å²) in [5, 5.41) is 6.54. The lowest BCUT2D eigenvalue weighted by Gasteiger charge is -1.84. The third-order valence-electron chi connectivity index (χ3n) is 0.640. The van der Waals surface area contributed by atoms with E-state index in [1.165, 1.54) is 12.3 Å². The van der Waals surface area contributed by atoms with Crippen LogP contribution < -0.4 is 0 Å². The summed E-state index contributed by atoms with van der Waals surface area (Å²) in [4.78, 5) is 0. The van der Waals surface area contributed by atoms with E-state index in [0.29, 0.717) is 0 Å². The number of aromatic nitrogens is 2. The van der Waals surface area contributed by atoms with E-state index >= 15 is 0 Å². The number of nitrogens with zero attached hydrogens (tertiary/aromatic N) is 2. The molecule has 0 saturated heterocycles. The second-order valence-electron chi connectivity index (χ2n) is 1.18. The summed E-state index contributed by atoms with van der Waals surface area (Å²) in [6.45, 7) is 0. The Morgan fingerprint density at radius 3 is 2.75 bits per heavy atom. The maximum Gasteiger partial charge on any atom is 0.184 e. The standard InChI is InChI=1S/C4H2FN2S/c5-3-1-2-6-7-4(3)8/h1-2H. The molecule has 0 aliphatic rings. The maximum absolute atomic E-state index is 12.1. The number of hydrogen-bond donors (Lipinski definition) is 0. The number of hydrogen-bond acceptors (Lipinski definition) is 2. The van der Waals surface area contributed by atoms with Crippen molar-refractivity contribution < 1.29 is 4.39 Å². The van der Waals surface area contributed by atoms with Crippen molar-refractivity contribution in [1.29, 1.82) is 0 Å². The van der Waals surface area contributed by atoms with Crippen molar-refractivity contribution >= 4 is 12.6 Å². The molecule has 0 fully saturated rings. The molecule has 0 unspecified atom stereocenters. The van der Waals surface area contributed by atoms with Crippen LogP contribution in [0.4, 0.5) is 4.39 Å². The van der Waals surface area contributed by atoms with Gasteiger partial charge < -0.3 is 0 Å². The Bertz CT molecular complexity index is 170. The molecule has 1 aromatic heterocycles. The predicted molar refractivity (Wildman–Crippen MR) is 27.8 cm³/mol. The van der Waals surface area contributed by atoms with Gasteiger partial charge in [-0.1, -0.05) is 12.6 Å². The fourth-order valence-electron chi connectivity index (χ4n) is 0.304. The minimum Gasteiger partial charge on any atom is -0.204 e. The monoisotopic (exact) mass is 129 g/mol. The lowest BCUT2D eigenvalue weighted by molar-refractivity contribution is 0.577. The molecule has 0 amide bonds. The van der Waals surface area contributed by atoms with Crippen molar-refractivity contribution in [2.45, 2.75) is 5.03 Å². The van der Waals surface area contributed by atoms with Gasteiger partial charge in [0.1, 0.15) is 0 Å². The molecular formula is C4H2FN2S. The largest absolute Gasteiger partial charge is 0.204 e. The van der Waals surface area contributed by atoms with E-state index < -0.39 is 5.82 Å². The van der Waals surface area contributed by atoms with Crippen LogP contribution in [0.3, 0.4) is 0 Å². The molecule has 0 aliphatic heterocycles. The van der Waals surface area contributed by atoms with E-state index in [9.17, 15) is 4.39 Å². The first-order valence-electron chi connectivity index (χ1n) is 1.95. The van der Waals surface area contributed by atoms with Gasteiger partial charge in [-0.2, -0.15) is 5.10 Å². The molecule has 4 heteroatoms.